The Morgan fingerprint density at radius 3 is 2.72 bits per heavy atom. The number of anilines is 1. The van der Waals surface area contributed by atoms with E-state index in [1.807, 2.05) is 44.2 Å². The van der Waals surface area contributed by atoms with Gasteiger partial charge in [0.1, 0.15) is 5.82 Å². The second-order valence-electron chi connectivity index (χ2n) is 4.39. The Morgan fingerprint density at radius 1 is 1.22 bits per heavy atom. The zero-order valence-corrected chi connectivity index (χ0v) is 10.2. The normalized spacial score (nSPS) is 15.9. The molecule has 1 aromatic heterocycles. The van der Waals surface area contributed by atoms with E-state index in [2.05, 4.69) is 15.3 Å². The van der Waals surface area contributed by atoms with Crippen LogP contribution in [-0.4, -0.2) is 15.9 Å². The molecule has 18 heavy (non-hydrogen) atoms. The molecule has 0 radical (unpaired) electrons. The predicted molar refractivity (Wildman–Crippen MR) is 71.0 cm³/mol. The number of fused-ring (bicyclic) bond motifs is 1. The van der Waals surface area contributed by atoms with Crippen molar-refractivity contribution in [3.8, 4) is 0 Å². The van der Waals surface area contributed by atoms with Crippen LogP contribution in [0.1, 0.15) is 22.8 Å². The molecule has 2 N–H and O–H groups in total. The molecule has 2 aromatic rings. The minimum Gasteiger partial charge on any atom is -0.346 e. The third-order valence-electron chi connectivity index (χ3n) is 3.03. The first kappa shape index (κ1) is 10.8. The molecule has 90 valence electrons. The fourth-order valence-electron chi connectivity index (χ4n) is 2.19. The molecule has 0 saturated heterocycles. The monoisotopic (exact) mass is 239 g/mol. The van der Waals surface area contributed by atoms with Gasteiger partial charge in [-0.1, -0.05) is 18.2 Å². The minimum absolute atomic E-state index is 0.0729. The lowest BCUT2D eigenvalue weighted by atomic mass is 10.1. The third kappa shape index (κ3) is 1.62. The molecule has 0 atom stereocenters. The van der Waals surface area contributed by atoms with Gasteiger partial charge in [0.25, 0.3) is 5.91 Å². The van der Waals surface area contributed by atoms with Crippen LogP contribution >= 0.6 is 0 Å². The van der Waals surface area contributed by atoms with E-state index in [-0.39, 0.29) is 5.91 Å². The molecule has 3 rings (SSSR count). The number of para-hydroxylation sites is 1. The van der Waals surface area contributed by atoms with Crippen molar-refractivity contribution in [2.75, 3.05) is 5.32 Å². The van der Waals surface area contributed by atoms with Gasteiger partial charge >= 0.3 is 0 Å². The molecule has 0 spiro atoms. The van der Waals surface area contributed by atoms with Crippen molar-refractivity contribution in [3.05, 3.63) is 47.0 Å². The molecule has 4 heteroatoms. The highest BCUT2D eigenvalue weighted by Gasteiger charge is 2.23. The Balaban J connectivity index is 2.12. The predicted octanol–water partition coefficient (Wildman–Crippen LogP) is 2.52. The number of rotatable bonds is 1. The van der Waals surface area contributed by atoms with Crippen LogP contribution in [0.15, 0.2) is 24.3 Å². The maximum atomic E-state index is 11.9. The lowest BCUT2D eigenvalue weighted by Crippen LogP contribution is -2.03. The SMILES string of the molecule is Cc1nc(C=C2C(=O)Nc3ccccc32)c(C)[nH]1. The standard InChI is InChI=1S/C14H13N3O/c1-8-13(16-9(2)15-8)7-11-10-5-3-4-6-12(10)17-14(11)18/h3-7H,1-2H3,(H,15,16)(H,17,18). The van der Waals surface area contributed by atoms with Crippen LogP contribution in [0.25, 0.3) is 11.6 Å². The van der Waals surface area contributed by atoms with Gasteiger partial charge in [-0.05, 0) is 26.0 Å². The van der Waals surface area contributed by atoms with Crippen molar-refractivity contribution in [2.24, 2.45) is 0 Å². The molecule has 1 aliphatic rings. The number of carbonyl (C=O) groups is 1. The lowest BCUT2D eigenvalue weighted by Gasteiger charge is -1.96. The highest BCUT2D eigenvalue weighted by atomic mass is 16.2. The van der Waals surface area contributed by atoms with Crippen molar-refractivity contribution in [1.29, 1.82) is 0 Å². The fourth-order valence-corrected chi connectivity index (χ4v) is 2.19. The fraction of sp³-hybridized carbons (Fsp3) is 0.143. The summed E-state index contributed by atoms with van der Waals surface area (Å²) in [5.74, 6) is 0.780. The first-order valence-electron chi connectivity index (χ1n) is 5.81. The minimum atomic E-state index is -0.0729. The smallest absolute Gasteiger partial charge is 0.256 e. The van der Waals surface area contributed by atoms with E-state index in [1.165, 1.54) is 0 Å². The van der Waals surface area contributed by atoms with E-state index in [0.717, 1.165) is 28.5 Å². The maximum Gasteiger partial charge on any atom is 0.256 e. The summed E-state index contributed by atoms with van der Waals surface area (Å²) >= 11 is 0. The first-order chi connectivity index (χ1) is 8.65. The van der Waals surface area contributed by atoms with Gasteiger partial charge in [0, 0.05) is 16.9 Å². The van der Waals surface area contributed by atoms with Gasteiger partial charge < -0.3 is 10.3 Å². The number of amides is 1. The molecule has 1 aromatic carbocycles. The summed E-state index contributed by atoms with van der Waals surface area (Å²) in [6.45, 7) is 3.85. The number of aromatic amines is 1. The number of nitrogens with one attached hydrogen (secondary N) is 2. The van der Waals surface area contributed by atoms with Gasteiger partial charge in [0.15, 0.2) is 0 Å². The summed E-state index contributed by atoms with van der Waals surface area (Å²) in [6.07, 6.45) is 1.83. The molecule has 1 amide bonds. The Morgan fingerprint density at radius 2 is 2.00 bits per heavy atom. The van der Waals surface area contributed by atoms with Crippen LogP contribution in [0.5, 0.6) is 0 Å². The molecule has 0 aliphatic carbocycles. The van der Waals surface area contributed by atoms with Gasteiger partial charge in [-0.25, -0.2) is 4.98 Å². The van der Waals surface area contributed by atoms with E-state index in [4.69, 9.17) is 0 Å². The van der Waals surface area contributed by atoms with Crippen LogP contribution in [0, 0.1) is 13.8 Å². The van der Waals surface area contributed by atoms with Crippen molar-refractivity contribution in [1.82, 2.24) is 9.97 Å². The van der Waals surface area contributed by atoms with Crippen LogP contribution in [0.3, 0.4) is 0 Å². The van der Waals surface area contributed by atoms with Gasteiger partial charge in [-0.3, -0.25) is 4.79 Å². The van der Waals surface area contributed by atoms with Crippen molar-refractivity contribution in [2.45, 2.75) is 13.8 Å². The second kappa shape index (κ2) is 3.84. The van der Waals surface area contributed by atoms with Crippen molar-refractivity contribution >= 4 is 23.2 Å². The Bertz CT molecular complexity index is 667. The van der Waals surface area contributed by atoms with E-state index >= 15 is 0 Å². The maximum absolute atomic E-state index is 11.9. The molecule has 0 fully saturated rings. The van der Waals surface area contributed by atoms with Gasteiger partial charge in [0.2, 0.25) is 0 Å². The second-order valence-corrected chi connectivity index (χ2v) is 4.39. The summed E-state index contributed by atoms with van der Waals surface area (Å²) < 4.78 is 0. The number of aryl methyl sites for hydroxylation is 2. The molecular weight excluding hydrogens is 226 g/mol. The average Bonchev–Trinajstić information content (AvgIpc) is 2.81. The number of imidazole rings is 1. The number of hydrogen-bond acceptors (Lipinski definition) is 2. The van der Waals surface area contributed by atoms with Crippen LogP contribution < -0.4 is 5.32 Å². The van der Waals surface area contributed by atoms with Crippen LogP contribution in [0.4, 0.5) is 5.69 Å². The summed E-state index contributed by atoms with van der Waals surface area (Å²) in [5.41, 5.74) is 4.24. The van der Waals surface area contributed by atoms with Crippen LogP contribution in [-0.2, 0) is 4.79 Å². The number of hydrogen-bond donors (Lipinski definition) is 2. The summed E-state index contributed by atoms with van der Waals surface area (Å²) in [6, 6.07) is 7.67. The molecular formula is C14H13N3O. The van der Waals surface area contributed by atoms with E-state index < -0.39 is 0 Å². The van der Waals surface area contributed by atoms with E-state index in [1.54, 1.807) is 0 Å². The Hall–Kier alpha value is -2.36. The van der Waals surface area contributed by atoms with Gasteiger partial charge in [-0.15, -0.1) is 0 Å². The highest BCUT2D eigenvalue weighted by Crippen LogP contribution is 2.32. The molecule has 0 bridgehead atoms. The number of H-pyrrole nitrogens is 1. The van der Waals surface area contributed by atoms with Gasteiger partial charge in [0.05, 0.1) is 11.3 Å². The zero-order valence-electron chi connectivity index (χ0n) is 10.2. The average molecular weight is 239 g/mol. The third-order valence-corrected chi connectivity index (χ3v) is 3.03. The largest absolute Gasteiger partial charge is 0.346 e. The summed E-state index contributed by atoms with van der Waals surface area (Å²) in [5, 5.41) is 2.85. The number of nitrogens with zero attached hydrogens (tertiary/aromatic N) is 1. The summed E-state index contributed by atoms with van der Waals surface area (Å²) in [4.78, 5) is 19.4. The zero-order chi connectivity index (χ0) is 12.7. The van der Waals surface area contributed by atoms with Crippen molar-refractivity contribution in [3.63, 3.8) is 0 Å². The molecule has 4 nitrogen and oxygen atoms in total. The number of aromatic nitrogens is 2. The topological polar surface area (TPSA) is 57.8 Å². The lowest BCUT2D eigenvalue weighted by molar-refractivity contribution is -0.110. The number of carbonyl (C=O) groups excluding carboxylic acids is 1. The molecule has 0 unspecified atom stereocenters. The van der Waals surface area contributed by atoms with Crippen LogP contribution in [0.2, 0.25) is 0 Å². The quantitative estimate of drug-likeness (QED) is 0.751. The molecule has 0 saturated carbocycles. The highest BCUT2D eigenvalue weighted by molar-refractivity contribution is 6.34. The first-order valence-corrected chi connectivity index (χ1v) is 5.81. The van der Waals surface area contributed by atoms with Gasteiger partial charge in [-0.2, -0.15) is 0 Å². The van der Waals surface area contributed by atoms with Crippen molar-refractivity contribution < 1.29 is 4.79 Å². The molecule has 2 heterocycles. The molecule has 1 aliphatic heterocycles. The number of benzene rings is 1. The Labute approximate surface area is 105 Å². The summed E-state index contributed by atoms with van der Waals surface area (Å²) in [7, 11) is 0. The Kier molecular flexibility index (Phi) is 2.30. The van der Waals surface area contributed by atoms with E-state index in [0.29, 0.717) is 5.57 Å². The van der Waals surface area contributed by atoms with E-state index in [9.17, 15) is 4.79 Å².